The maximum atomic E-state index is 11.4. The number of carboxylic acid groups (broad SMARTS) is 1. The molecule has 0 fully saturated rings. The monoisotopic (exact) mass is 564 g/mol. The van der Waals surface area contributed by atoms with Gasteiger partial charge in [-0.25, -0.2) is 9.59 Å². The fourth-order valence-electron chi connectivity index (χ4n) is 5.08. The van der Waals surface area contributed by atoms with Crippen LogP contribution in [-0.2, 0) is 9.53 Å². The highest BCUT2D eigenvalue weighted by molar-refractivity contribution is 5.89. The summed E-state index contributed by atoms with van der Waals surface area (Å²) < 4.78 is 11.0. The van der Waals surface area contributed by atoms with Crippen LogP contribution >= 0.6 is 0 Å². The Kier molecular flexibility index (Phi) is 18.8. The molecule has 0 amide bonds. The molecule has 0 spiro atoms. The molecule has 0 heterocycles. The lowest BCUT2D eigenvalue weighted by Crippen LogP contribution is -2.02. The summed E-state index contributed by atoms with van der Waals surface area (Å²) in [6, 6.07) is 15.1. The van der Waals surface area contributed by atoms with Crippen LogP contribution in [0, 0.1) is 0 Å². The summed E-state index contributed by atoms with van der Waals surface area (Å²) >= 11 is 0. The zero-order chi connectivity index (χ0) is 29.4. The summed E-state index contributed by atoms with van der Waals surface area (Å²) in [6.45, 7) is 4.53. The van der Waals surface area contributed by atoms with E-state index in [1.165, 1.54) is 96.0 Å². The molecule has 0 aromatic heterocycles. The fraction of sp³-hybridized carbons (Fsp3) is 0.556. The number of ether oxygens (including phenoxy) is 2. The van der Waals surface area contributed by atoms with Gasteiger partial charge in [0.25, 0.3) is 0 Å². The lowest BCUT2D eigenvalue weighted by Gasteiger charge is -2.13. The maximum absolute atomic E-state index is 11.4. The van der Waals surface area contributed by atoms with Gasteiger partial charge in [-0.05, 0) is 36.6 Å². The molecule has 226 valence electrons. The molecule has 0 saturated carbocycles. The second-order valence-electron chi connectivity index (χ2n) is 11.0. The number of carbonyl (C=O) groups is 2. The van der Waals surface area contributed by atoms with E-state index < -0.39 is 5.97 Å². The van der Waals surface area contributed by atoms with Gasteiger partial charge >= 0.3 is 11.9 Å². The van der Waals surface area contributed by atoms with Crippen LogP contribution in [0.25, 0.3) is 11.1 Å². The van der Waals surface area contributed by atoms with E-state index in [4.69, 9.17) is 9.47 Å². The van der Waals surface area contributed by atoms with Crippen LogP contribution in [0.5, 0.6) is 5.75 Å². The van der Waals surface area contributed by atoms with Crippen LogP contribution < -0.4 is 4.74 Å². The Morgan fingerprint density at radius 2 is 1.10 bits per heavy atom. The molecule has 41 heavy (non-hydrogen) atoms. The van der Waals surface area contributed by atoms with Crippen molar-refractivity contribution in [3.63, 3.8) is 0 Å². The molecule has 0 atom stereocenters. The van der Waals surface area contributed by atoms with E-state index in [1.54, 1.807) is 12.1 Å². The number of hydrogen-bond donors (Lipinski definition) is 1. The van der Waals surface area contributed by atoms with Crippen LogP contribution in [0.3, 0.4) is 0 Å². The van der Waals surface area contributed by atoms with Gasteiger partial charge in [0.05, 0.1) is 18.8 Å². The summed E-state index contributed by atoms with van der Waals surface area (Å²) in [7, 11) is 0. The molecule has 2 rings (SSSR count). The Bertz CT molecular complexity index is 985. The summed E-state index contributed by atoms with van der Waals surface area (Å²) in [5.74, 6) is -0.605. The van der Waals surface area contributed by atoms with Gasteiger partial charge in [0.15, 0.2) is 0 Å². The third-order valence-electron chi connectivity index (χ3n) is 7.52. The molecule has 1 N–H and O–H groups in total. The fourth-order valence-corrected chi connectivity index (χ4v) is 5.08. The quantitative estimate of drug-likeness (QED) is 0.0738. The number of rotatable bonds is 25. The van der Waals surface area contributed by atoms with Crippen molar-refractivity contribution in [2.75, 3.05) is 13.2 Å². The third-order valence-corrected chi connectivity index (χ3v) is 7.52. The largest absolute Gasteiger partial charge is 0.493 e. The van der Waals surface area contributed by atoms with Gasteiger partial charge in [0.2, 0.25) is 0 Å². The highest BCUT2D eigenvalue weighted by atomic mass is 16.5. The first-order valence-corrected chi connectivity index (χ1v) is 16.0. The van der Waals surface area contributed by atoms with E-state index >= 15 is 0 Å². The Morgan fingerprint density at radius 3 is 1.56 bits per heavy atom. The number of esters is 1. The van der Waals surface area contributed by atoms with Crippen LogP contribution in [0.15, 0.2) is 61.2 Å². The lowest BCUT2D eigenvalue weighted by atomic mass is 10.0. The molecule has 5 heteroatoms. The van der Waals surface area contributed by atoms with Gasteiger partial charge in [-0.3, -0.25) is 0 Å². The first kappa shape index (κ1) is 34.1. The molecule has 0 aliphatic carbocycles. The molecular weight excluding hydrogens is 512 g/mol. The highest BCUT2D eigenvalue weighted by Crippen LogP contribution is 2.31. The minimum atomic E-state index is -0.934. The number of carboxylic acids is 1. The van der Waals surface area contributed by atoms with Crippen molar-refractivity contribution in [1.29, 1.82) is 0 Å². The molecule has 0 radical (unpaired) electrons. The van der Waals surface area contributed by atoms with Crippen LogP contribution in [0.1, 0.15) is 126 Å². The smallest absolute Gasteiger partial charge is 0.335 e. The van der Waals surface area contributed by atoms with Crippen LogP contribution in [0.2, 0.25) is 0 Å². The molecular formula is C36H52O5. The zero-order valence-electron chi connectivity index (χ0n) is 25.1. The van der Waals surface area contributed by atoms with E-state index in [9.17, 15) is 14.7 Å². The van der Waals surface area contributed by atoms with Crippen LogP contribution in [-0.4, -0.2) is 30.3 Å². The first-order valence-electron chi connectivity index (χ1n) is 16.0. The van der Waals surface area contributed by atoms with Crippen molar-refractivity contribution in [1.82, 2.24) is 0 Å². The van der Waals surface area contributed by atoms with Gasteiger partial charge in [-0.2, -0.15) is 0 Å². The Labute approximate surface area is 248 Å². The van der Waals surface area contributed by atoms with Gasteiger partial charge in [0.1, 0.15) is 5.75 Å². The summed E-state index contributed by atoms with van der Waals surface area (Å²) in [4.78, 5) is 22.4. The summed E-state index contributed by atoms with van der Waals surface area (Å²) in [5.41, 5.74) is 2.22. The standard InChI is InChI=1S/C36H52O5/c1-2-35(37)41-29-23-18-16-14-12-10-8-6-4-3-5-7-9-11-13-15-17-22-28-40-34-30-32(36(38)39)26-27-33(34)31-24-20-19-21-25-31/h2,19-21,24-27,30H,1,3-18,22-23,28-29H2,(H,38,39). The van der Waals surface area contributed by atoms with Crippen molar-refractivity contribution < 1.29 is 24.2 Å². The third kappa shape index (κ3) is 16.1. The number of hydrogen-bond acceptors (Lipinski definition) is 4. The maximum Gasteiger partial charge on any atom is 0.335 e. The predicted molar refractivity (Wildman–Crippen MR) is 169 cm³/mol. The van der Waals surface area contributed by atoms with E-state index in [-0.39, 0.29) is 11.5 Å². The van der Waals surface area contributed by atoms with Gasteiger partial charge < -0.3 is 14.6 Å². The lowest BCUT2D eigenvalue weighted by molar-refractivity contribution is -0.137. The molecule has 0 bridgehead atoms. The minimum absolute atomic E-state index is 0.255. The van der Waals surface area contributed by atoms with Gasteiger partial charge in [-0.15, -0.1) is 0 Å². The molecule has 0 aliphatic rings. The topological polar surface area (TPSA) is 72.8 Å². The van der Waals surface area contributed by atoms with E-state index in [1.807, 2.05) is 36.4 Å². The molecule has 5 nitrogen and oxygen atoms in total. The van der Waals surface area contributed by atoms with Gasteiger partial charge in [0, 0.05) is 11.6 Å². The predicted octanol–water partition coefficient (Wildman–Crippen LogP) is 10.2. The second-order valence-corrected chi connectivity index (χ2v) is 11.0. The Balaban J connectivity index is 1.38. The second kappa shape index (κ2) is 22.6. The van der Waals surface area contributed by atoms with Crippen molar-refractivity contribution in [2.24, 2.45) is 0 Å². The number of unbranched alkanes of at least 4 members (excludes halogenated alkanes) is 17. The molecule has 0 aliphatic heterocycles. The highest BCUT2D eigenvalue weighted by Gasteiger charge is 2.11. The Morgan fingerprint density at radius 1 is 0.634 bits per heavy atom. The SMILES string of the molecule is C=CC(=O)OCCCCCCCCCCCCCCCCCCCCOc1cc(C(=O)O)ccc1-c1ccccc1. The normalized spacial score (nSPS) is 10.8. The average Bonchev–Trinajstić information content (AvgIpc) is 2.99. The molecule has 0 unspecified atom stereocenters. The minimum Gasteiger partial charge on any atom is -0.493 e. The van der Waals surface area contributed by atoms with E-state index in [2.05, 4.69) is 6.58 Å². The van der Waals surface area contributed by atoms with E-state index in [0.717, 1.165) is 36.8 Å². The average molecular weight is 565 g/mol. The number of benzene rings is 2. The first-order chi connectivity index (χ1) is 20.1. The Hall–Kier alpha value is -3.08. The van der Waals surface area contributed by atoms with Crippen molar-refractivity contribution >= 4 is 11.9 Å². The van der Waals surface area contributed by atoms with Crippen LogP contribution in [0.4, 0.5) is 0 Å². The molecule has 2 aromatic carbocycles. The van der Waals surface area contributed by atoms with Crippen molar-refractivity contribution in [2.45, 2.75) is 116 Å². The summed E-state index contributed by atoms with van der Waals surface area (Å²) in [6.07, 6.45) is 24.0. The molecule has 2 aromatic rings. The van der Waals surface area contributed by atoms with Crippen molar-refractivity contribution in [3.8, 4) is 16.9 Å². The van der Waals surface area contributed by atoms with E-state index in [0.29, 0.717) is 19.0 Å². The number of aromatic carboxylic acids is 1. The zero-order valence-corrected chi connectivity index (χ0v) is 25.1. The van der Waals surface area contributed by atoms with Gasteiger partial charge in [-0.1, -0.05) is 140 Å². The number of carbonyl (C=O) groups excluding carboxylic acids is 1. The molecule has 0 saturated heterocycles. The summed E-state index contributed by atoms with van der Waals surface area (Å²) in [5, 5.41) is 9.37. The van der Waals surface area contributed by atoms with Crippen molar-refractivity contribution in [3.05, 3.63) is 66.7 Å².